The van der Waals surface area contributed by atoms with Crippen molar-refractivity contribution in [2.75, 3.05) is 0 Å². The van der Waals surface area contributed by atoms with Crippen LogP contribution in [0.5, 0.6) is 11.5 Å². The number of ether oxygens (including phenoxy) is 1. The van der Waals surface area contributed by atoms with Crippen LogP contribution in [-0.4, -0.2) is 17.3 Å². The highest BCUT2D eigenvalue weighted by Gasteiger charge is 2.28. The molecule has 0 radical (unpaired) electrons. The molecule has 1 aliphatic carbocycles. The third kappa shape index (κ3) is 4.99. The molecule has 4 nitrogen and oxygen atoms in total. The first-order chi connectivity index (χ1) is 13.0. The van der Waals surface area contributed by atoms with E-state index < -0.39 is 23.3 Å². The van der Waals surface area contributed by atoms with Gasteiger partial charge in [0.05, 0.1) is 0 Å². The molecule has 2 aromatic rings. The predicted molar refractivity (Wildman–Crippen MR) is 107 cm³/mol. The van der Waals surface area contributed by atoms with Crippen molar-refractivity contribution in [1.82, 2.24) is 0 Å². The minimum Gasteiger partial charge on any atom is -0.457 e. The van der Waals surface area contributed by atoms with Gasteiger partial charge in [0, 0.05) is 4.48 Å². The molecule has 0 amide bonds. The first kappa shape index (κ1) is 18.7. The Labute approximate surface area is 165 Å². The Hall–Kier alpha value is -3.05. The Morgan fingerprint density at radius 1 is 0.963 bits per heavy atom. The Morgan fingerprint density at radius 3 is 2.48 bits per heavy atom. The number of hydrogen-bond donors (Lipinski definition) is 0. The molecule has 0 aromatic heterocycles. The number of benzene rings is 2. The standard InChI is InChI=1S/C22H15BrO4/c23-16-10-12-21(25)22(26)19(14-16)20(24)11-9-15-5-4-8-18(13-15)27-17-6-2-1-3-7-17/h1-14,19H/b11-9+. The van der Waals surface area contributed by atoms with Crippen LogP contribution in [0, 0.1) is 5.92 Å². The Balaban J connectivity index is 1.75. The number of carbonyl (C=O) groups excluding carboxylic acids is 3. The van der Waals surface area contributed by atoms with Crippen molar-refractivity contribution in [3.05, 3.63) is 88.9 Å². The van der Waals surface area contributed by atoms with Crippen molar-refractivity contribution in [1.29, 1.82) is 0 Å². The first-order valence-electron chi connectivity index (χ1n) is 8.21. The smallest absolute Gasteiger partial charge is 0.222 e. The molecular weight excluding hydrogens is 408 g/mol. The molecule has 0 aliphatic heterocycles. The molecule has 0 saturated heterocycles. The van der Waals surface area contributed by atoms with Gasteiger partial charge in [-0.25, -0.2) is 0 Å². The summed E-state index contributed by atoms with van der Waals surface area (Å²) in [5.74, 6) is -1.67. The zero-order valence-corrected chi connectivity index (χ0v) is 15.8. The van der Waals surface area contributed by atoms with Gasteiger partial charge in [0.15, 0.2) is 5.78 Å². The van der Waals surface area contributed by atoms with E-state index in [0.717, 1.165) is 11.6 Å². The summed E-state index contributed by atoms with van der Waals surface area (Å²) in [5.41, 5.74) is 0.741. The highest BCUT2D eigenvalue weighted by molar-refractivity contribution is 9.11. The summed E-state index contributed by atoms with van der Waals surface area (Å²) in [6.45, 7) is 0. The van der Waals surface area contributed by atoms with Crippen molar-refractivity contribution in [3.8, 4) is 11.5 Å². The largest absolute Gasteiger partial charge is 0.457 e. The van der Waals surface area contributed by atoms with E-state index in [1.807, 2.05) is 48.5 Å². The van der Waals surface area contributed by atoms with Gasteiger partial charge in [-0.2, -0.15) is 0 Å². The van der Waals surface area contributed by atoms with Gasteiger partial charge in [-0.15, -0.1) is 0 Å². The lowest BCUT2D eigenvalue weighted by atomic mass is 9.96. The second kappa shape index (κ2) is 8.56. The van der Waals surface area contributed by atoms with Gasteiger partial charge in [0.25, 0.3) is 0 Å². The summed E-state index contributed by atoms with van der Waals surface area (Å²) in [4.78, 5) is 36.2. The van der Waals surface area contributed by atoms with Crippen LogP contribution in [0.25, 0.3) is 6.08 Å². The minimum absolute atomic E-state index is 0.455. The maximum atomic E-state index is 12.4. The van der Waals surface area contributed by atoms with E-state index in [9.17, 15) is 14.4 Å². The summed E-state index contributed by atoms with van der Waals surface area (Å²) in [6.07, 6.45) is 6.95. The number of para-hydroxylation sites is 1. The fourth-order valence-corrected chi connectivity index (χ4v) is 2.88. The van der Waals surface area contributed by atoms with Crippen LogP contribution < -0.4 is 4.74 Å². The number of carbonyl (C=O) groups is 3. The van der Waals surface area contributed by atoms with Gasteiger partial charge in [-0.05, 0) is 48.1 Å². The maximum Gasteiger partial charge on any atom is 0.222 e. The number of allylic oxidation sites excluding steroid dienone is 5. The lowest BCUT2D eigenvalue weighted by molar-refractivity contribution is -0.138. The summed E-state index contributed by atoms with van der Waals surface area (Å²) < 4.78 is 6.28. The van der Waals surface area contributed by atoms with Crippen LogP contribution in [0.1, 0.15) is 5.56 Å². The first-order valence-corrected chi connectivity index (χ1v) is 9.01. The molecule has 0 saturated carbocycles. The third-order valence-corrected chi connectivity index (χ3v) is 4.36. The maximum absolute atomic E-state index is 12.4. The van der Waals surface area contributed by atoms with E-state index in [1.165, 1.54) is 18.2 Å². The molecule has 1 unspecified atom stereocenters. The molecule has 134 valence electrons. The summed E-state index contributed by atoms with van der Waals surface area (Å²) in [5, 5.41) is 0. The van der Waals surface area contributed by atoms with Gasteiger partial charge in [-0.3, -0.25) is 14.4 Å². The van der Waals surface area contributed by atoms with E-state index in [-0.39, 0.29) is 0 Å². The summed E-state index contributed by atoms with van der Waals surface area (Å²) in [6, 6.07) is 16.6. The molecular formula is C22H15BrO4. The quantitative estimate of drug-likeness (QED) is 0.399. The zero-order valence-electron chi connectivity index (χ0n) is 14.2. The van der Waals surface area contributed by atoms with Gasteiger partial charge in [0.1, 0.15) is 17.4 Å². The molecule has 3 rings (SSSR count). The average molecular weight is 423 g/mol. The molecule has 0 bridgehead atoms. The van der Waals surface area contributed by atoms with Crippen molar-refractivity contribution >= 4 is 39.4 Å². The van der Waals surface area contributed by atoms with Crippen LogP contribution in [0.4, 0.5) is 0 Å². The highest BCUT2D eigenvalue weighted by Crippen LogP contribution is 2.23. The van der Waals surface area contributed by atoms with Crippen LogP contribution in [0.3, 0.4) is 0 Å². The predicted octanol–water partition coefficient (Wildman–Crippen LogP) is 4.66. The van der Waals surface area contributed by atoms with Crippen LogP contribution >= 0.6 is 15.9 Å². The molecule has 1 aliphatic rings. The van der Waals surface area contributed by atoms with Crippen molar-refractivity contribution in [2.45, 2.75) is 0 Å². The number of hydrogen-bond acceptors (Lipinski definition) is 4. The SMILES string of the molecule is O=C1C=CC(Br)=CC(C(=O)/C=C/c2cccc(Oc3ccccc3)c2)C1=O. The highest BCUT2D eigenvalue weighted by atomic mass is 79.9. The van der Waals surface area contributed by atoms with Crippen LogP contribution in [0.15, 0.2) is 83.4 Å². The minimum atomic E-state index is -1.12. The lowest BCUT2D eigenvalue weighted by Gasteiger charge is -2.06. The van der Waals surface area contributed by atoms with E-state index in [2.05, 4.69) is 15.9 Å². The molecule has 27 heavy (non-hydrogen) atoms. The third-order valence-electron chi connectivity index (χ3n) is 3.83. The normalized spacial score (nSPS) is 16.9. The molecule has 1 atom stereocenters. The molecule has 0 fully saturated rings. The fraction of sp³-hybridized carbons (Fsp3) is 0.0455. The van der Waals surface area contributed by atoms with Gasteiger partial charge < -0.3 is 4.74 Å². The average Bonchev–Trinajstić information content (AvgIpc) is 2.81. The van der Waals surface area contributed by atoms with E-state index in [0.29, 0.717) is 16.0 Å². The summed E-state index contributed by atoms with van der Waals surface area (Å²) in [7, 11) is 0. The number of halogens is 1. The fourth-order valence-electron chi connectivity index (χ4n) is 2.48. The number of rotatable bonds is 5. The van der Waals surface area contributed by atoms with E-state index in [4.69, 9.17) is 4.74 Å². The molecule has 0 spiro atoms. The van der Waals surface area contributed by atoms with Crippen LogP contribution in [-0.2, 0) is 14.4 Å². The van der Waals surface area contributed by atoms with Crippen molar-refractivity contribution < 1.29 is 19.1 Å². The van der Waals surface area contributed by atoms with E-state index >= 15 is 0 Å². The Kier molecular flexibility index (Phi) is 5.94. The van der Waals surface area contributed by atoms with Crippen molar-refractivity contribution in [2.24, 2.45) is 5.92 Å². The number of ketones is 3. The lowest BCUT2D eigenvalue weighted by Crippen LogP contribution is -2.26. The van der Waals surface area contributed by atoms with Crippen molar-refractivity contribution in [3.63, 3.8) is 0 Å². The summed E-state index contributed by atoms with van der Waals surface area (Å²) >= 11 is 3.22. The van der Waals surface area contributed by atoms with Crippen LogP contribution in [0.2, 0.25) is 0 Å². The second-order valence-electron chi connectivity index (χ2n) is 5.81. The number of Topliss-reactive ketones (excluding diaryl/α,β-unsaturated/α-hetero) is 1. The molecule has 2 aromatic carbocycles. The van der Waals surface area contributed by atoms with E-state index in [1.54, 1.807) is 12.1 Å². The zero-order chi connectivity index (χ0) is 19.2. The van der Waals surface area contributed by atoms with Gasteiger partial charge >= 0.3 is 0 Å². The monoisotopic (exact) mass is 422 g/mol. The topological polar surface area (TPSA) is 60.4 Å². The van der Waals surface area contributed by atoms with Gasteiger partial charge in [-0.1, -0.05) is 58.4 Å². The van der Waals surface area contributed by atoms with Gasteiger partial charge in [0.2, 0.25) is 11.6 Å². The molecule has 5 heteroatoms. The molecule has 0 heterocycles. The Morgan fingerprint density at radius 2 is 1.70 bits per heavy atom. The second-order valence-corrected chi connectivity index (χ2v) is 6.73. The Bertz CT molecular complexity index is 971. The molecule has 0 N–H and O–H groups in total.